The molecule has 2 N–H and O–H groups in total. The van der Waals surface area contributed by atoms with Crippen LogP contribution in [0.4, 0.5) is 4.39 Å². The smallest absolute Gasteiger partial charge is 0.262 e. The topological polar surface area (TPSA) is 67.4 Å². The van der Waals surface area contributed by atoms with Crippen molar-refractivity contribution in [3.05, 3.63) is 72.9 Å². The molecule has 0 aromatic rings. The summed E-state index contributed by atoms with van der Waals surface area (Å²) in [5.74, 6) is -0.499. The molecular weight excluding hydrogens is 347 g/mol. The van der Waals surface area contributed by atoms with Gasteiger partial charge < -0.3 is 15.4 Å². The van der Waals surface area contributed by atoms with Crippen molar-refractivity contribution in [2.24, 2.45) is 0 Å². The third-order valence-corrected chi connectivity index (χ3v) is 2.90. The van der Waals surface area contributed by atoms with E-state index in [4.69, 9.17) is 16.3 Å². The van der Waals surface area contributed by atoms with Gasteiger partial charge in [-0.1, -0.05) is 44.0 Å². The van der Waals surface area contributed by atoms with Gasteiger partial charge in [-0.05, 0) is 24.1 Å². The highest BCUT2D eigenvalue weighted by molar-refractivity contribution is 6.31. The summed E-state index contributed by atoms with van der Waals surface area (Å²) >= 11 is 5.42. The van der Waals surface area contributed by atoms with Gasteiger partial charge in [0.15, 0.2) is 6.61 Å². The fraction of sp³-hybridized carbons (Fsp3) is 0.222. The number of hydrogen-bond acceptors (Lipinski definition) is 3. The molecule has 0 spiro atoms. The van der Waals surface area contributed by atoms with Gasteiger partial charge in [-0.25, -0.2) is 4.39 Å². The average molecular weight is 369 g/mol. The van der Waals surface area contributed by atoms with Crippen LogP contribution in [0.3, 0.4) is 0 Å². The second-order valence-corrected chi connectivity index (χ2v) is 5.31. The van der Waals surface area contributed by atoms with Crippen LogP contribution in [0.2, 0.25) is 0 Å². The van der Waals surface area contributed by atoms with Gasteiger partial charge in [-0.3, -0.25) is 9.59 Å². The van der Waals surface area contributed by atoms with E-state index in [2.05, 4.69) is 36.9 Å². The summed E-state index contributed by atoms with van der Waals surface area (Å²) in [5, 5.41) is 5.04. The summed E-state index contributed by atoms with van der Waals surface area (Å²) in [6.45, 7) is 14.4. The number of halogens is 2. The van der Waals surface area contributed by atoms with Gasteiger partial charge in [-0.2, -0.15) is 0 Å². The Hall–Kier alpha value is -2.60. The van der Waals surface area contributed by atoms with Crippen molar-refractivity contribution in [1.29, 1.82) is 0 Å². The molecule has 0 unspecified atom stereocenters. The van der Waals surface area contributed by atoms with E-state index in [9.17, 15) is 14.0 Å². The van der Waals surface area contributed by atoms with Crippen LogP contribution >= 0.6 is 11.6 Å². The summed E-state index contributed by atoms with van der Waals surface area (Å²) in [6, 6.07) is 0. The average Bonchev–Trinajstić information content (AvgIpc) is 2.60. The monoisotopic (exact) mass is 368 g/mol. The molecule has 0 aliphatic carbocycles. The molecule has 0 aliphatic heterocycles. The van der Waals surface area contributed by atoms with Gasteiger partial charge in [0.1, 0.15) is 12.1 Å². The lowest BCUT2D eigenvalue weighted by Crippen LogP contribution is -2.28. The van der Waals surface area contributed by atoms with Crippen molar-refractivity contribution in [3.63, 3.8) is 0 Å². The van der Waals surface area contributed by atoms with E-state index in [1.165, 1.54) is 12.2 Å². The number of allylic oxidation sites excluding steroid dienone is 4. The molecule has 2 amide bonds. The van der Waals surface area contributed by atoms with Crippen molar-refractivity contribution < 1.29 is 18.7 Å². The van der Waals surface area contributed by atoms with E-state index >= 15 is 0 Å². The Morgan fingerprint density at radius 1 is 1.12 bits per heavy atom. The fourth-order valence-corrected chi connectivity index (χ4v) is 1.41. The molecule has 5 nitrogen and oxygen atoms in total. The molecule has 0 atom stereocenters. The van der Waals surface area contributed by atoms with Crippen LogP contribution in [0.15, 0.2) is 72.9 Å². The molecule has 0 radical (unpaired) electrons. The first kappa shape index (κ1) is 22.4. The maximum atomic E-state index is 12.0. The van der Waals surface area contributed by atoms with Crippen LogP contribution < -0.4 is 10.6 Å². The first-order chi connectivity index (χ1) is 11.8. The highest BCUT2D eigenvalue weighted by Gasteiger charge is 2.07. The van der Waals surface area contributed by atoms with Crippen molar-refractivity contribution >= 4 is 23.4 Å². The quantitative estimate of drug-likeness (QED) is 0.410. The van der Waals surface area contributed by atoms with Gasteiger partial charge in [0, 0.05) is 18.7 Å². The standard InChI is InChI=1S/C18H22ClFN2O3/c1-5-13(2)11-21-17(23)9-6-14(3)22-18(24)12-25-15(4)7-8-16(19)10-20/h5,7-8,10H,1-4,6,9,11-12H2,(H,21,23)(H,22,24)/b8-7-,16-10-. The number of carbonyl (C=O) groups is 2. The highest BCUT2D eigenvalue weighted by Crippen LogP contribution is 2.06. The van der Waals surface area contributed by atoms with Crippen LogP contribution in [-0.4, -0.2) is 25.0 Å². The lowest BCUT2D eigenvalue weighted by Gasteiger charge is -2.10. The zero-order valence-electron chi connectivity index (χ0n) is 13.9. The largest absolute Gasteiger partial charge is 0.484 e. The maximum absolute atomic E-state index is 12.0. The van der Waals surface area contributed by atoms with Crippen LogP contribution in [-0.2, 0) is 14.3 Å². The molecule has 0 aliphatic rings. The number of carbonyl (C=O) groups excluding carboxylic acids is 2. The molecule has 0 fully saturated rings. The molecule has 25 heavy (non-hydrogen) atoms. The van der Waals surface area contributed by atoms with Gasteiger partial charge in [0.25, 0.3) is 5.91 Å². The first-order valence-electron chi connectivity index (χ1n) is 7.28. The summed E-state index contributed by atoms with van der Waals surface area (Å²) < 4.78 is 17.1. The third-order valence-electron chi connectivity index (χ3n) is 2.69. The van der Waals surface area contributed by atoms with E-state index in [-0.39, 0.29) is 42.5 Å². The first-order valence-corrected chi connectivity index (χ1v) is 7.66. The molecular formula is C18H22ClFN2O3. The zero-order valence-corrected chi connectivity index (χ0v) is 14.7. The number of hydrogen-bond donors (Lipinski definition) is 2. The molecule has 0 aromatic carbocycles. The van der Waals surface area contributed by atoms with Gasteiger partial charge >= 0.3 is 0 Å². The normalized spacial score (nSPS) is 10.9. The van der Waals surface area contributed by atoms with Crippen molar-refractivity contribution in [2.45, 2.75) is 12.8 Å². The summed E-state index contributed by atoms with van der Waals surface area (Å²) in [5.41, 5.74) is 1.09. The Labute approximate surface area is 152 Å². The van der Waals surface area contributed by atoms with Gasteiger partial charge in [0.2, 0.25) is 5.91 Å². The minimum atomic E-state index is -0.452. The van der Waals surface area contributed by atoms with Crippen molar-refractivity contribution in [3.8, 4) is 0 Å². The Bertz CT molecular complexity index is 609. The Morgan fingerprint density at radius 3 is 2.40 bits per heavy atom. The number of ether oxygens (including phenoxy) is 1. The van der Waals surface area contributed by atoms with Crippen LogP contribution in [0.25, 0.3) is 0 Å². The Kier molecular flexibility index (Phi) is 11.4. The van der Waals surface area contributed by atoms with Gasteiger partial charge in [0.05, 0.1) is 5.03 Å². The molecule has 0 saturated heterocycles. The van der Waals surface area contributed by atoms with Crippen molar-refractivity contribution in [1.82, 2.24) is 10.6 Å². The lowest BCUT2D eigenvalue weighted by molar-refractivity contribution is -0.124. The Morgan fingerprint density at radius 2 is 1.80 bits per heavy atom. The third kappa shape index (κ3) is 12.5. The predicted octanol–water partition coefficient (Wildman–Crippen LogP) is 3.39. The molecule has 0 bridgehead atoms. The van der Waals surface area contributed by atoms with Crippen LogP contribution in [0.1, 0.15) is 12.8 Å². The highest BCUT2D eigenvalue weighted by atomic mass is 35.5. The fourth-order valence-electron chi connectivity index (χ4n) is 1.35. The van der Waals surface area contributed by atoms with Crippen LogP contribution in [0.5, 0.6) is 0 Å². The maximum Gasteiger partial charge on any atom is 0.262 e. The summed E-state index contributed by atoms with van der Waals surface area (Å²) in [7, 11) is 0. The molecule has 0 heterocycles. The molecule has 0 aromatic heterocycles. The van der Waals surface area contributed by atoms with Gasteiger partial charge in [-0.15, -0.1) is 0 Å². The molecule has 0 rings (SSSR count). The number of rotatable bonds is 12. The minimum Gasteiger partial charge on any atom is -0.484 e. The zero-order chi connectivity index (χ0) is 19.2. The van der Waals surface area contributed by atoms with E-state index < -0.39 is 5.91 Å². The SMILES string of the molecule is C=CC(=C)CNC(=O)CCC(=C)NC(=O)COC(=C)/C=C\C(Cl)=C\F. The lowest BCUT2D eigenvalue weighted by atomic mass is 10.2. The second kappa shape index (κ2) is 12.8. The second-order valence-electron chi connectivity index (χ2n) is 4.87. The summed E-state index contributed by atoms with van der Waals surface area (Å²) in [4.78, 5) is 23.3. The minimum absolute atomic E-state index is 0.127. The number of amides is 2. The molecule has 7 heteroatoms. The molecule has 0 saturated carbocycles. The van der Waals surface area contributed by atoms with E-state index in [1.807, 2.05) is 0 Å². The Balaban J connectivity index is 4.02. The van der Waals surface area contributed by atoms with E-state index in [0.717, 1.165) is 0 Å². The van der Waals surface area contributed by atoms with Crippen molar-refractivity contribution in [2.75, 3.05) is 13.2 Å². The predicted molar refractivity (Wildman–Crippen MR) is 98.1 cm³/mol. The van der Waals surface area contributed by atoms with E-state index in [0.29, 0.717) is 17.8 Å². The van der Waals surface area contributed by atoms with E-state index in [1.54, 1.807) is 6.08 Å². The summed E-state index contributed by atoms with van der Waals surface area (Å²) in [6.07, 6.45) is 4.79. The van der Waals surface area contributed by atoms with Crippen LogP contribution in [0, 0.1) is 0 Å². The molecule has 136 valence electrons. The number of nitrogens with one attached hydrogen (secondary N) is 2.